The molecule has 4 aliphatic rings. The molecule has 4 atom stereocenters. The van der Waals surface area contributed by atoms with Gasteiger partial charge in [-0.3, -0.25) is 14.3 Å². The fourth-order valence-corrected chi connectivity index (χ4v) is 8.49. The molecule has 4 bridgehead atoms. The van der Waals surface area contributed by atoms with E-state index in [9.17, 15) is 19.1 Å². The van der Waals surface area contributed by atoms with Crippen molar-refractivity contribution >= 4 is 24.4 Å². The molecule has 1 aromatic heterocycles. The highest BCUT2D eigenvalue weighted by molar-refractivity contribution is 7.51. The Balaban J connectivity index is 1.29. The van der Waals surface area contributed by atoms with Gasteiger partial charge in [-0.15, -0.1) is 0 Å². The van der Waals surface area contributed by atoms with Gasteiger partial charge in [0.05, 0.1) is 17.2 Å². The van der Waals surface area contributed by atoms with E-state index >= 15 is 0 Å². The first-order valence-electron chi connectivity index (χ1n) is 13.9. The molecule has 0 amide bonds. The topological polar surface area (TPSA) is 108 Å². The van der Waals surface area contributed by atoms with Crippen molar-refractivity contribution in [1.29, 1.82) is 0 Å². The molecule has 36 heavy (non-hydrogen) atoms. The zero-order valence-corrected chi connectivity index (χ0v) is 21.9. The van der Waals surface area contributed by atoms with Crippen LogP contribution in [0.2, 0.25) is 0 Å². The lowest BCUT2D eigenvalue weighted by Crippen LogP contribution is -2.58. The Bertz CT molecular complexity index is 1190. The Kier molecular flexibility index (Phi) is 6.74. The lowest BCUT2D eigenvalue weighted by molar-refractivity contribution is -0.0485. The molecule has 4 fully saturated rings. The van der Waals surface area contributed by atoms with Gasteiger partial charge < -0.3 is 19.7 Å². The van der Waals surface area contributed by atoms with Crippen molar-refractivity contribution in [3.8, 4) is 0 Å². The smallest absolute Gasteiger partial charge is 0.327 e. The molecule has 0 radical (unpaired) electrons. The standard InChI is InChI=1S/C27H39N4O4P/c32-27-26(28-11-12-36(33,34)35)29-24-9-1-2-10-25(24)31(27)23-16-20-7-4-8-21(17-23)30(20)22-14-18-5-3-6-19(13-18)15-22/h1-2,9-10,18-23H,3-8,11-17H2,(H,28,29)(H2,33,34,35). The monoisotopic (exact) mass is 514 g/mol. The van der Waals surface area contributed by atoms with Crippen molar-refractivity contribution in [3.05, 3.63) is 34.6 Å². The van der Waals surface area contributed by atoms with Crippen LogP contribution in [0.5, 0.6) is 0 Å². The maximum Gasteiger partial charge on any atom is 0.327 e. The van der Waals surface area contributed by atoms with Crippen LogP contribution in [0.4, 0.5) is 5.82 Å². The van der Waals surface area contributed by atoms with Crippen molar-refractivity contribution in [2.45, 2.75) is 94.8 Å². The van der Waals surface area contributed by atoms with Crippen molar-refractivity contribution in [1.82, 2.24) is 14.5 Å². The van der Waals surface area contributed by atoms with E-state index in [0.29, 0.717) is 18.1 Å². The maximum atomic E-state index is 13.7. The number of fused-ring (bicyclic) bond motifs is 5. The molecular weight excluding hydrogens is 475 g/mol. The molecule has 3 heterocycles. The van der Waals surface area contributed by atoms with Crippen molar-refractivity contribution in [3.63, 3.8) is 0 Å². The van der Waals surface area contributed by atoms with E-state index in [1.165, 1.54) is 57.8 Å². The first kappa shape index (κ1) is 24.6. The number of aromatic nitrogens is 2. The molecule has 4 unspecified atom stereocenters. The number of nitrogens with zero attached hydrogens (tertiary/aromatic N) is 3. The molecule has 2 saturated heterocycles. The molecule has 0 spiro atoms. The number of rotatable bonds is 6. The fourth-order valence-electron chi connectivity index (χ4n) is 8.09. The van der Waals surface area contributed by atoms with Crippen LogP contribution in [0.3, 0.4) is 0 Å². The van der Waals surface area contributed by atoms with Gasteiger partial charge in [0.25, 0.3) is 5.56 Å². The second kappa shape index (κ2) is 9.86. The highest BCUT2D eigenvalue weighted by Crippen LogP contribution is 2.47. The maximum absolute atomic E-state index is 13.7. The summed E-state index contributed by atoms with van der Waals surface area (Å²) in [6.45, 7) is 0.0125. The minimum absolute atomic E-state index is 0.0125. The molecule has 2 aliphatic carbocycles. The number of nitrogens with one attached hydrogen (secondary N) is 1. The zero-order chi connectivity index (χ0) is 24.9. The van der Waals surface area contributed by atoms with E-state index in [1.807, 2.05) is 28.8 Å². The normalized spacial score (nSPS) is 32.9. The van der Waals surface area contributed by atoms with Crippen LogP contribution in [0.25, 0.3) is 11.0 Å². The van der Waals surface area contributed by atoms with E-state index in [1.54, 1.807) is 0 Å². The van der Waals surface area contributed by atoms with Gasteiger partial charge in [-0.05, 0) is 68.9 Å². The van der Waals surface area contributed by atoms with E-state index in [2.05, 4.69) is 15.2 Å². The first-order chi connectivity index (χ1) is 17.4. The van der Waals surface area contributed by atoms with Gasteiger partial charge >= 0.3 is 7.60 Å². The van der Waals surface area contributed by atoms with Crippen LogP contribution in [0, 0.1) is 11.8 Å². The minimum atomic E-state index is -4.15. The molecule has 9 heteroatoms. The molecule has 1 aromatic carbocycles. The van der Waals surface area contributed by atoms with Crippen molar-refractivity contribution < 1.29 is 14.4 Å². The molecule has 2 aromatic rings. The second-order valence-electron chi connectivity index (χ2n) is 11.8. The summed E-state index contributed by atoms with van der Waals surface area (Å²) in [7, 11) is -4.15. The summed E-state index contributed by atoms with van der Waals surface area (Å²) in [5.41, 5.74) is 1.42. The van der Waals surface area contributed by atoms with E-state index in [0.717, 1.165) is 35.7 Å². The predicted molar refractivity (Wildman–Crippen MR) is 141 cm³/mol. The summed E-state index contributed by atoms with van der Waals surface area (Å²) in [4.78, 5) is 39.6. The van der Waals surface area contributed by atoms with Gasteiger partial charge in [-0.1, -0.05) is 37.8 Å². The second-order valence-corrected chi connectivity index (χ2v) is 13.6. The van der Waals surface area contributed by atoms with Crippen LogP contribution in [0.1, 0.15) is 76.7 Å². The number of para-hydroxylation sites is 2. The average molecular weight is 515 g/mol. The summed E-state index contributed by atoms with van der Waals surface area (Å²) in [5.74, 6) is 2.01. The Hall–Kier alpha value is -1.73. The molecule has 2 aliphatic heterocycles. The van der Waals surface area contributed by atoms with Crippen LogP contribution in [0.15, 0.2) is 29.1 Å². The molecule has 6 rings (SSSR count). The van der Waals surface area contributed by atoms with Crippen LogP contribution in [-0.4, -0.2) is 55.1 Å². The van der Waals surface area contributed by atoms with Gasteiger partial charge in [-0.25, -0.2) is 4.98 Å². The van der Waals surface area contributed by atoms with Crippen LogP contribution in [-0.2, 0) is 4.57 Å². The third kappa shape index (κ3) is 4.90. The number of piperidine rings is 2. The Morgan fingerprint density at radius 1 is 0.889 bits per heavy atom. The SMILES string of the molecule is O=c1c(NCCP(=O)(O)O)nc2ccccc2n1C1CC2CCCC(C1)N2C1CC2CCCC(C2)C1. The zero-order valence-electron chi connectivity index (χ0n) is 21.0. The predicted octanol–water partition coefficient (Wildman–Crippen LogP) is 4.51. The Labute approximate surface area is 212 Å². The summed E-state index contributed by atoms with van der Waals surface area (Å²) < 4.78 is 13.3. The third-order valence-electron chi connectivity index (χ3n) is 9.39. The number of hydrogen-bond acceptors (Lipinski definition) is 5. The average Bonchev–Trinajstić information content (AvgIpc) is 2.82. The Morgan fingerprint density at radius 2 is 1.56 bits per heavy atom. The van der Waals surface area contributed by atoms with E-state index in [4.69, 9.17) is 0 Å². The molecule has 8 nitrogen and oxygen atoms in total. The fraction of sp³-hybridized carbons (Fsp3) is 0.704. The van der Waals surface area contributed by atoms with Crippen LogP contribution < -0.4 is 10.9 Å². The lowest BCUT2D eigenvalue weighted by Gasteiger charge is -2.55. The van der Waals surface area contributed by atoms with Gasteiger partial charge in [0.1, 0.15) is 0 Å². The van der Waals surface area contributed by atoms with Gasteiger partial charge in [-0.2, -0.15) is 0 Å². The summed E-state index contributed by atoms with van der Waals surface area (Å²) in [5, 5.41) is 2.93. The minimum Gasteiger partial charge on any atom is -0.365 e. The summed E-state index contributed by atoms with van der Waals surface area (Å²) >= 11 is 0. The highest BCUT2D eigenvalue weighted by atomic mass is 31.2. The van der Waals surface area contributed by atoms with Gasteiger partial charge in [0, 0.05) is 30.7 Å². The Morgan fingerprint density at radius 3 is 2.25 bits per heavy atom. The van der Waals surface area contributed by atoms with E-state index < -0.39 is 7.60 Å². The molecule has 3 N–H and O–H groups in total. The number of anilines is 1. The summed E-state index contributed by atoms with van der Waals surface area (Å²) in [6, 6.07) is 9.64. The van der Waals surface area contributed by atoms with Crippen molar-refractivity contribution in [2.75, 3.05) is 18.0 Å². The number of benzene rings is 1. The highest BCUT2D eigenvalue weighted by Gasteiger charge is 2.45. The summed E-state index contributed by atoms with van der Waals surface area (Å²) in [6.07, 6.45) is 13.7. The lowest BCUT2D eigenvalue weighted by atomic mass is 9.68. The molecule has 196 valence electrons. The van der Waals surface area contributed by atoms with Crippen LogP contribution >= 0.6 is 7.60 Å². The molecule has 2 saturated carbocycles. The molecular formula is C27H39N4O4P. The quantitative estimate of drug-likeness (QED) is 0.487. The number of hydrogen-bond donors (Lipinski definition) is 3. The van der Waals surface area contributed by atoms with Gasteiger partial charge in [0.2, 0.25) is 0 Å². The van der Waals surface area contributed by atoms with E-state index in [-0.39, 0.29) is 30.1 Å². The van der Waals surface area contributed by atoms with Gasteiger partial charge in [0.15, 0.2) is 5.82 Å². The van der Waals surface area contributed by atoms with Crippen molar-refractivity contribution in [2.24, 2.45) is 11.8 Å². The largest absolute Gasteiger partial charge is 0.365 e. The third-order valence-corrected chi connectivity index (χ3v) is 10.2. The first-order valence-corrected chi connectivity index (χ1v) is 15.7.